The zero-order chi connectivity index (χ0) is 10.8. The second-order valence-electron chi connectivity index (χ2n) is 3.29. The van der Waals surface area contributed by atoms with E-state index in [4.69, 9.17) is 4.74 Å². The predicted octanol–water partition coefficient (Wildman–Crippen LogP) is 1.80. The quantitative estimate of drug-likeness (QED) is 0.811. The fourth-order valence-electron chi connectivity index (χ4n) is 1.43. The minimum Gasteiger partial charge on any atom is -0.507 e. The van der Waals surface area contributed by atoms with Gasteiger partial charge in [0.1, 0.15) is 11.5 Å². The molecule has 0 unspecified atom stereocenters. The minimum atomic E-state index is 0.226. The van der Waals surface area contributed by atoms with Gasteiger partial charge >= 0.3 is 0 Å². The summed E-state index contributed by atoms with van der Waals surface area (Å²) < 4.78 is 6.79. The number of rotatable bonds is 2. The molecule has 1 aromatic carbocycles. The predicted molar refractivity (Wildman–Crippen MR) is 56.9 cm³/mol. The molecule has 0 bridgehead atoms. The van der Waals surface area contributed by atoms with Crippen LogP contribution < -0.4 is 4.74 Å². The Bertz CT molecular complexity index is 477. The van der Waals surface area contributed by atoms with Gasteiger partial charge < -0.3 is 9.84 Å². The van der Waals surface area contributed by atoms with Gasteiger partial charge in [-0.3, -0.25) is 4.68 Å². The fourth-order valence-corrected chi connectivity index (χ4v) is 1.43. The number of aryl methyl sites for hydroxylation is 1. The molecule has 0 atom stereocenters. The molecule has 1 aromatic heterocycles. The van der Waals surface area contributed by atoms with Crippen molar-refractivity contribution in [3.8, 4) is 22.6 Å². The van der Waals surface area contributed by atoms with Crippen molar-refractivity contribution in [1.29, 1.82) is 0 Å². The first-order chi connectivity index (χ1) is 7.20. The van der Waals surface area contributed by atoms with Crippen LogP contribution in [0.4, 0.5) is 0 Å². The second-order valence-corrected chi connectivity index (χ2v) is 3.29. The van der Waals surface area contributed by atoms with Gasteiger partial charge in [0.2, 0.25) is 0 Å². The number of aromatic hydroxyl groups is 1. The number of phenols is 1. The lowest BCUT2D eigenvalue weighted by atomic mass is 10.1. The van der Waals surface area contributed by atoms with Crippen LogP contribution in [0, 0.1) is 0 Å². The summed E-state index contributed by atoms with van der Waals surface area (Å²) in [6, 6.07) is 5.11. The molecule has 0 saturated heterocycles. The van der Waals surface area contributed by atoms with Crippen molar-refractivity contribution in [3.63, 3.8) is 0 Å². The number of methoxy groups -OCH3 is 1. The van der Waals surface area contributed by atoms with Gasteiger partial charge in [-0.1, -0.05) is 0 Å². The Kier molecular flexibility index (Phi) is 2.33. The number of ether oxygens (including phenoxy) is 1. The fraction of sp³-hybridized carbons (Fsp3) is 0.182. The highest BCUT2D eigenvalue weighted by molar-refractivity contribution is 5.70. The Morgan fingerprint density at radius 2 is 2.20 bits per heavy atom. The third kappa shape index (κ3) is 1.79. The van der Waals surface area contributed by atoms with E-state index in [-0.39, 0.29) is 5.75 Å². The summed E-state index contributed by atoms with van der Waals surface area (Å²) in [7, 11) is 3.43. The zero-order valence-electron chi connectivity index (χ0n) is 8.64. The summed E-state index contributed by atoms with van der Waals surface area (Å²) in [5, 5.41) is 13.8. The molecule has 0 aliphatic heterocycles. The zero-order valence-corrected chi connectivity index (χ0v) is 8.64. The molecule has 2 aromatic rings. The molecule has 0 aliphatic carbocycles. The summed E-state index contributed by atoms with van der Waals surface area (Å²) in [6.45, 7) is 0. The molecule has 0 amide bonds. The van der Waals surface area contributed by atoms with Crippen molar-refractivity contribution >= 4 is 0 Å². The van der Waals surface area contributed by atoms with Gasteiger partial charge in [-0.25, -0.2) is 0 Å². The molecular weight excluding hydrogens is 192 g/mol. The van der Waals surface area contributed by atoms with Gasteiger partial charge in [0, 0.05) is 24.4 Å². The topological polar surface area (TPSA) is 47.3 Å². The highest BCUT2D eigenvalue weighted by atomic mass is 16.5. The lowest BCUT2D eigenvalue weighted by Gasteiger charge is -2.04. The molecule has 0 radical (unpaired) electrons. The number of hydrogen-bond donors (Lipinski definition) is 1. The maximum atomic E-state index is 9.70. The van der Waals surface area contributed by atoms with Crippen LogP contribution in [-0.4, -0.2) is 22.0 Å². The van der Waals surface area contributed by atoms with E-state index >= 15 is 0 Å². The van der Waals surface area contributed by atoms with Gasteiger partial charge in [-0.05, 0) is 18.2 Å². The van der Waals surface area contributed by atoms with E-state index in [2.05, 4.69) is 5.10 Å². The van der Waals surface area contributed by atoms with Crippen LogP contribution in [0.25, 0.3) is 11.1 Å². The molecule has 0 fully saturated rings. The molecular formula is C11H12N2O2. The SMILES string of the molecule is COc1ccc(O)c(-c2cnn(C)c2)c1. The van der Waals surface area contributed by atoms with Crippen molar-refractivity contribution in [2.45, 2.75) is 0 Å². The van der Waals surface area contributed by atoms with Gasteiger partial charge in [0.15, 0.2) is 0 Å². The van der Waals surface area contributed by atoms with E-state index < -0.39 is 0 Å². The van der Waals surface area contributed by atoms with Crippen molar-refractivity contribution in [2.75, 3.05) is 7.11 Å². The standard InChI is InChI=1S/C11H12N2O2/c1-13-7-8(6-12-13)10-5-9(15-2)3-4-11(10)14/h3-7,14H,1-2H3. The van der Waals surface area contributed by atoms with Crippen LogP contribution in [0.3, 0.4) is 0 Å². The van der Waals surface area contributed by atoms with Gasteiger partial charge in [0.05, 0.1) is 13.3 Å². The third-order valence-electron chi connectivity index (χ3n) is 2.22. The first-order valence-electron chi connectivity index (χ1n) is 4.56. The molecule has 4 heteroatoms. The Morgan fingerprint density at radius 3 is 2.80 bits per heavy atom. The Labute approximate surface area is 87.7 Å². The molecule has 0 aliphatic rings. The highest BCUT2D eigenvalue weighted by Crippen LogP contribution is 2.31. The first kappa shape index (κ1) is 9.58. The van der Waals surface area contributed by atoms with Gasteiger partial charge in [-0.15, -0.1) is 0 Å². The highest BCUT2D eigenvalue weighted by Gasteiger charge is 2.07. The molecule has 4 nitrogen and oxygen atoms in total. The average Bonchev–Trinajstić information content (AvgIpc) is 2.65. The van der Waals surface area contributed by atoms with Crippen LogP contribution in [-0.2, 0) is 7.05 Å². The largest absolute Gasteiger partial charge is 0.507 e. The van der Waals surface area contributed by atoms with E-state index in [1.807, 2.05) is 13.2 Å². The lowest BCUT2D eigenvalue weighted by molar-refractivity contribution is 0.412. The minimum absolute atomic E-state index is 0.226. The smallest absolute Gasteiger partial charge is 0.123 e. The van der Waals surface area contributed by atoms with Crippen molar-refractivity contribution < 1.29 is 9.84 Å². The molecule has 78 valence electrons. The summed E-state index contributed by atoms with van der Waals surface area (Å²) >= 11 is 0. The van der Waals surface area contributed by atoms with E-state index in [1.54, 1.807) is 36.2 Å². The number of hydrogen-bond acceptors (Lipinski definition) is 3. The number of aromatic nitrogens is 2. The van der Waals surface area contributed by atoms with Crippen molar-refractivity contribution in [1.82, 2.24) is 9.78 Å². The Balaban J connectivity index is 2.51. The molecule has 2 rings (SSSR count). The summed E-state index contributed by atoms with van der Waals surface area (Å²) in [4.78, 5) is 0. The molecule has 15 heavy (non-hydrogen) atoms. The Hall–Kier alpha value is -1.97. The van der Waals surface area contributed by atoms with E-state index in [9.17, 15) is 5.11 Å². The lowest BCUT2D eigenvalue weighted by Crippen LogP contribution is -1.85. The number of phenolic OH excluding ortho intramolecular Hbond substituents is 1. The summed E-state index contributed by atoms with van der Waals surface area (Å²) in [6.07, 6.45) is 3.54. The molecule has 0 saturated carbocycles. The second kappa shape index (κ2) is 3.65. The van der Waals surface area contributed by atoms with Gasteiger partial charge in [0.25, 0.3) is 0 Å². The van der Waals surface area contributed by atoms with Crippen LogP contribution in [0.15, 0.2) is 30.6 Å². The van der Waals surface area contributed by atoms with Crippen LogP contribution in [0.2, 0.25) is 0 Å². The monoisotopic (exact) mass is 204 g/mol. The van der Waals surface area contributed by atoms with Gasteiger partial charge in [-0.2, -0.15) is 5.10 Å². The van der Waals surface area contributed by atoms with Crippen molar-refractivity contribution in [3.05, 3.63) is 30.6 Å². The Morgan fingerprint density at radius 1 is 1.40 bits per heavy atom. The third-order valence-corrected chi connectivity index (χ3v) is 2.22. The number of nitrogens with zero attached hydrogens (tertiary/aromatic N) is 2. The van der Waals surface area contributed by atoms with E-state index in [1.165, 1.54) is 0 Å². The van der Waals surface area contributed by atoms with Crippen LogP contribution in [0.5, 0.6) is 11.5 Å². The normalized spacial score (nSPS) is 10.3. The van der Waals surface area contributed by atoms with Crippen LogP contribution in [0.1, 0.15) is 0 Å². The summed E-state index contributed by atoms with van der Waals surface area (Å²) in [5.41, 5.74) is 1.59. The number of benzene rings is 1. The average molecular weight is 204 g/mol. The van der Waals surface area contributed by atoms with Crippen molar-refractivity contribution in [2.24, 2.45) is 7.05 Å². The maximum absolute atomic E-state index is 9.70. The van der Waals surface area contributed by atoms with E-state index in [0.29, 0.717) is 5.75 Å². The summed E-state index contributed by atoms with van der Waals surface area (Å²) in [5.74, 6) is 0.940. The van der Waals surface area contributed by atoms with E-state index in [0.717, 1.165) is 11.1 Å². The molecule has 1 heterocycles. The molecule has 1 N–H and O–H groups in total. The molecule has 0 spiro atoms. The van der Waals surface area contributed by atoms with Crippen LogP contribution >= 0.6 is 0 Å². The maximum Gasteiger partial charge on any atom is 0.123 e. The first-order valence-corrected chi connectivity index (χ1v) is 4.56.